The minimum Gasteiger partial charge on any atom is -0.358 e. The summed E-state index contributed by atoms with van der Waals surface area (Å²) in [7, 11) is 0. The number of thiol groups is 1. The molecule has 0 spiro atoms. The Morgan fingerprint density at radius 1 is 1.57 bits per heavy atom. The Balaban J connectivity index is 0. The van der Waals surface area contributed by atoms with E-state index in [4.69, 9.17) is 12.2 Å². The van der Waals surface area contributed by atoms with Gasteiger partial charge >= 0.3 is 0 Å². The van der Waals surface area contributed by atoms with Crippen LogP contribution >= 0.6 is 24.8 Å². The van der Waals surface area contributed by atoms with E-state index in [2.05, 4.69) is 38.0 Å². The van der Waals surface area contributed by atoms with Gasteiger partial charge in [-0.15, -0.1) is 12.6 Å². The van der Waals surface area contributed by atoms with Crippen molar-refractivity contribution < 1.29 is 4.79 Å². The van der Waals surface area contributed by atoms with Gasteiger partial charge in [0.2, 0.25) is 0 Å². The molecule has 0 aliphatic carbocycles. The van der Waals surface area contributed by atoms with Crippen molar-refractivity contribution in [1.29, 1.82) is 0 Å². The largest absolute Gasteiger partial charge is 0.358 e. The zero-order valence-corrected chi connectivity index (χ0v) is 10.8. The molecule has 0 atom stereocenters. The Labute approximate surface area is 97.8 Å². The molecule has 0 fully saturated rings. The predicted molar refractivity (Wildman–Crippen MR) is 70.0 cm³/mol. The van der Waals surface area contributed by atoms with Crippen LogP contribution in [0.15, 0.2) is 12.7 Å². The maximum atomic E-state index is 9.69. The minimum absolute atomic E-state index is 0.0185. The van der Waals surface area contributed by atoms with Gasteiger partial charge in [-0.05, 0) is 26.3 Å². The number of carbonyl (C=O) groups is 1. The van der Waals surface area contributed by atoms with Crippen molar-refractivity contribution in [2.45, 2.75) is 27.2 Å². The topological polar surface area (TPSA) is 20.3 Å². The Bertz CT molecular complexity index is 193. The standard InChI is InChI=1S/C6H13NS2.C4H6O/c1-3-5-7(4-2)6(8)9;1-3-4(2)5/h3-5H2,1-2H3,(H,8,9);3H,1H2,2H3. The lowest BCUT2D eigenvalue weighted by Gasteiger charge is -2.18. The molecule has 2 nitrogen and oxygen atoms in total. The number of rotatable bonds is 4. The van der Waals surface area contributed by atoms with E-state index < -0.39 is 0 Å². The first-order valence-corrected chi connectivity index (χ1v) is 5.45. The highest BCUT2D eigenvalue weighted by Crippen LogP contribution is 1.96. The molecule has 0 aromatic carbocycles. The first-order chi connectivity index (χ1) is 6.49. The summed E-state index contributed by atoms with van der Waals surface area (Å²) in [6.45, 7) is 10.9. The van der Waals surface area contributed by atoms with Gasteiger partial charge in [-0.25, -0.2) is 0 Å². The zero-order chi connectivity index (χ0) is 11.6. The van der Waals surface area contributed by atoms with Crippen LogP contribution in [0.5, 0.6) is 0 Å². The zero-order valence-electron chi connectivity index (χ0n) is 9.12. The fourth-order valence-electron chi connectivity index (χ4n) is 0.659. The summed E-state index contributed by atoms with van der Waals surface area (Å²) in [6, 6.07) is 0. The lowest BCUT2D eigenvalue weighted by atomic mass is 10.4. The van der Waals surface area contributed by atoms with Crippen LogP contribution in [0, 0.1) is 0 Å². The molecule has 0 rings (SSSR count). The van der Waals surface area contributed by atoms with Gasteiger partial charge in [0.05, 0.1) is 0 Å². The van der Waals surface area contributed by atoms with Gasteiger partial charge in [0, 0.05) is 13.1 Å². The predicted octanol–water partition coefficient (Wildman–Crippen LogP) is 2.69. The Hall–Kier alpha value is -0.350. The molecule has 14 heavy (non-hydrogen) atoms. The molecular weight excluding hydrogens is 214 g/mol. The highest BCUT2D eigenvalue weighted by Gasteiger charge is 1.98. The normalized spacial score (nSPS) is 8.29. The molecule has 0 aliphatic heterocycles. The minimum atomic E-state index is 0.0185. The van der Waals surface area contributed by atoms with E-state index in [0.29, 0.717) is 4.32 Å². The number of thiocarbonyl (C=S) groups is 1. The summed E-state index contributed by atoms with van der Waals surface area (Å²) in [5.74, 6) is 0.0185. The van der Waals surface area contributed by atoms with E-state index in [1.54, 1.807) is 0 Å². The molecule has 0 saturated carbocycles. The highest BCUT2D eigenvalue weighted by atomic mass is 32.1. The number of nitrogens with zero attached hydrogens (tertiary/aromatic N) is 1. The molecule has 0 unspecified atom stereocenters. The molecule has 0 aliphatic rings. The number of hydrogen-bond donors (Lipinski definition) is 1. The average Bonchev–Trinajstić information content (AvgIpc) is 2.14. The third-order valence-electron chi connectivity index (χ3n) is 1.43. The maximum absolute atomic E-state index is 9.69. The quantitative estimate of drug-likeness (QED) is 0.458. The number of hydrogen-bond acceptors (Lipinski definition) is 2. The van der Waals surface area contributed by atoms with Crippen LogP contribution in [0.2, 0.25) is 0 Å². The number of carbonyl (C=O) groups excluding carboxylic acids is 1. The molecule has 0 bridgehead atoms. The summed E-state index contributed by atoms with van der Waals surface area (Å²) in [5.41, 5.74) is 0. The molecular formula is C10H19NOS2. The van der Waals surface area contributed by atoms with Crippen molar-refractivity contribution >= 4 is 35.0 Å². The van der Waals surface area contributed by atoms with Gasteiger partial charge in [0.1, 0.15) is 4.32 Å². The summed E-state index contributed by atoms with van der Waals surface area (Å²) >= 11 is 8.94. The maximum Gasteiger partial charge on any atom is 0.152 e. The Morgan fingerprint density at radius 2 is 2.00 bits per heavy atom. The Kier molecular flexibility index (Phi) is 12.3. The van der Waals surface area contributed by atoms with Crippen LogP contribution in [-0.2, 0) is 4.79 Å². The van der Waals surface area contributed by atoms with Gasteiger partial charge in [0.15, 0.2) is 5.78 Å². The molecule has 0 heterocycles. The van der Waals surface area contributed by atoms with Crippen molar-refractivity contribution in [2.75, 3.05) is 13.1 Å². The lowest BCUT2D eigenvalue weighted by Crippen LogP contribution is -2.26. The molecule has 4 heteroatoms. The van der Waals surface area contributed by atoms with Gasteiger partial charge in [0.25, 0.3) is 0 Å². The van der Waals surface area contributed by atoms with Gasteiger partial charge < -0.3 is 4.90 Å². The SMILES string of the molecule is C=CC(C)=O.CCCN(CC)C(=S)S. The van der Waals surface area contributed by atoms with Crippen molar-refractivity contribution in [3.63, 3.8) is 0 Å². The average molecular weight is 233 g/mol. The van der Waals surface area contributed by atoms with E-state index in [-0.39, 0.29) is 5.78 Å². The van der Waals surface area contributed by atoms with E-state index in [1.165, 1.54) is 13.0 Å². The third-order valence-corrected chi connectivity index (χ3v) is 1.97. The fourth-order valence-corrected chi connectivity index (χ4v) is 1.12. The van der Waals surface area contributed by atoms with Crippen molar-refractivity contribution in [2.24, 2.45) is 0 Å². The van der Waals surface area contributed by atoms with E-state index in [9.17, 15) is 4.79 Å². The van der Waals surface area contributed by atoms with Crippen molar-refractivity contribution in [1.82, 2.24) is 4.90 Å². The van der Waals surface area contributed by atoms with Crippen LogP contribution in [0.25, 0.3) is 0 Å². The second-order valence-corrected chi connectivity index (χ2v) is 3.79. The second kappa shape index (κ2) is 10.7. The molecule has 0 aromatic heterocycles. The van der Waals surface area contributed by atoms with Crippen LogP contribution in [0.4, 0.5) is 0 Å². The summed E-state index contributed by atoms with van der Waals surface area (Å²) < 4.78 is 0.708. The lowest BCUT2D eigenvalue weighted by molar-refractivity contribution is -0.112. The first-order valence-electron chi connectivity index (χ1n) is 4.60. The number of allylic oxidation sites excluding steroid dienone is 1. The smallest absolute Gasteiger partial charge is 0.152 e. The summed E-state index contributed by atoms with van der Waals surface area (Å²) in [4.78, 5) is 11.8. The summed E-state index contributed by atoms with van der Waals surface area (Å²) in [5, 5.41) is 0. The van der Waals surface area contributed by atoms with Gasteiger partial charge in [-0.1, -0.05) is 25.7 Å². The molecule has 0 N–H and O–H groups in total. The molecule has 0 amide bonds. The molecule has 82 valence electrons. The van der Waals surface area contributed by atoms with Gasteiger partial charge in [-0.2, -0.15) is 0 Å². The number of ketones is 1. The third kappa shape index (κ3) is 11.6. The molecule has 0 aromatic rings. The molecule has 0 saturated heterocycles. The monoisotopic (exact) mass is 233 g/mol. The fraction of sp³-hybridized carbons (Fsp3) is 0.600. The van der Waals surface area contributed by atoms with E-state index in [1.807, 2.05) is 0 Å². The van der Waals surface area contributed by atoms with Crippen LogP contribution in [0.3, 0.4) is 0 Å². The van der Waals surface area contributed by atoms with Crippen LogP contribution < -0.4 is 0 Å². The van der Waals surface area contributed by atoms with Crippen LogP contribution in [0.1, 0.15) is 27.2 Å². The van der Waals surface area contributed by atoms with Crippen molar-refractivity contribution in [3.8, 4) is 0 Å². The highest BCUT2D eigenvalue weighted by molar-refractivity contribution is 8.10. The first kappa shape index (κ1) is 16.1. The molecule has 0 radical (unpaired) electrons. The van der Waals surface area contributed by atoms with Gasteiger partial charge in [-0.3, -0.25) is 4.79 Å². The van der Waals surface area contributed by atoms with E-state index >= 15 is 0 Å². The summed E-state index contributed by atoms with van der Waals surface area (Å²) in [6.07, 6.45) is 2.41. The van der Waals surface area contributed by atoms with Crippen molar-refractivity contribution in [3.05, 3.63) is 12.7 Å². The Morgan fingerprint density at radius 3 is 2.07 bits per heavy atom. The van der Waals surface area contributed by atoms with E-state index in [0.717, 1.165) is 19.5 Å². The second-order valence-electron chi connectivity index (χ2n) is 2.68. The van der Waals surface area contributed by atoms with Crippen LogP contribution in [-0.4, -0.2) is 28.1 Å².